The summed E-state index contributed by atoms with van der Waals surface area (Å²) in [5.41, 5.74) is 5.12. The lowest BCUT2D eigenvalue weighted by Gasteiger charge is -2.25. The van der Waals surface area contributed by atoms with E-state index in [0.29, 0.717) is 0 Å². The van der Waals surface area contributed by atoms with E-state index in [1.54, 1.807) is 0 Å². The van der Waals surface area contributed by atoms with Crippen molar-refractivity contribution in [3.8, 4) is 11.1 Å². The zero-order valence-electron chi connectivity index (χ0n) is 14.5. The Morgan fingerprint density at radius 3 is 2.12 bits per heavy atom. The highest BCUT2D eigenvalue weighted by molar-refractivity contribution is 6.30. The van der Waals surface area contributed by atoms with Crippen LogP contribution in [0.1, 0.15) is 38.2 Å². The van der Waals surface area contributed by atoms with Crippen molar-refractivity contribution >= 4 is 17.2 Å². The fourth-order valence-corrected chi connectivity index (χ4v) is 3.46. The molecule has 3 rings (SSSR count). The summed E-state index contributed by atoms with van der Waals surface area (Å²) in [6.45, 7) is 5.97. The maximum atomic E-state index is 5.96. The number of hydrogen-bond acceptors (Lipinski definition) is 1. The van der Waals surface area contributed by atoms with Crippen molar-refractivity contribution in [3.05, 3.63) is 65.2 Å². The maximum Gasteiger partial charge on any atom is 0.0406 e. The van der Waals surface area contributed by atoms with E-state index in [9.17, 15) is 0 Å². The summed E-state index contributed by atoms with van der Waals surface area (Å²) >= 11 is 5.96. The SMILES string of the molecule is CC(=CCCN1CCCCC1)c1ccc(-c2ccc(Cl)cc2)cc1. The summed E-state index contributed by atoms with van der Waals surface area (Å²) < 4.78 is 0. The van der Waals surface area contributed by atoms with E-state index in [2.05, 4.69) is 54.3 Å². The Bertz CT molecular complexity index is 664. The largest absolute Gasteiger partial charge is 0.303 e. The molecule has 0 aliphatic carbocycles. The standard InChI is InChI=1S/C22H26ClN/c1-18(6-5-17-24-15-3-2-4-16-24)19-7-9-20(10-8-19)21-11-13-22(23)14-12-21/h6-14H,2-5,15-17H2,1H3. The summed E-state index contributed by atoms with van der Waals surface area (Å²) in [6, 6.07) is 16.8. The molecule has 0 radical (unpaired) electrons. The Labute approximate surface area is 151 Å². The van der Waals surface area contributed by atoms with Crippen LogP contribution < -0.4 is 0 Å². The van der Waals surface area contributed by atoms with Gasteiger partial charge in [-0.2, -0.15) is 0 Å². The van der Waals surface area contributed by atoms with Gasteiger partial charge in [-0.3, -0.25) is 0 Å². The van der Waals surface area contributed by atoms with E-state index in [1.165, 1.54) is 61.2 Å². The number of rotatable bonds is 5. The van der Waals surface area contributed by atoms with Gasteiger partial charge in [0.1, 0.15) is 0 Å². The van der Waals surface area contributed by atoms with E-state index >= 15 is 0 Å². The Morgan fingerprint density at radius 2 is 1.50 bits per heavy atom. The van der Waals surface area contributed by atoms with Crippen molar-refractivity contribution in [2.75, 3.05) is 19.6 Å². The molecule has 0 aromatic heterocycles. The Morgan fingerprint density at radius 1 is 0.917 bits per heavy atom. The van der Waals surface area contributed by atoms with Gasteiger partial charge in [0.05, 0.1) is 0 Å². The molecule has 0 saturated carbocycles. The summed E-state index contributed by atoms with van der Waals surface area (Å²) in [6.07, 6.45) is 7.67. The lowest BCUT2D eigenvalue weighted by atomic mass is 10.0. The second kappa shape index (κ2) is 8.50. The van der Waals surface area contributed by atoms with E-state index in [-0.39, 0.29) is 0 Å². The van der Waals surface area contributed by atoms with Crippen LogP contribution in [0.25, 0.3) is 16.7 Å². The molecule has 24 heavy (non-hydrogen) atoms. The Hall–Kier alpha value is -1.57. The van der Waals surface area contributed by atoms with Crippen molar-refractivity contribution in [2.24, 2.45) is 0 Å². The molecule has 0 spiro atoms. The highest BCUT2D eigenvalue weighted by atomic mass is 35.5. The monoisotopic (exact) mass is 339 g/mol. The van der Waals surface area contributed by atoms with Crippen LogP contribution in [0.5, 0.6) is 0 Å². The lowest BCUT2D eigenvalue weighted by molar-refractivity contribution is 0.233. The first kappa shape index (κ1) is 17.3. The zero-order valence-corrected chi connectivity index (χ0v) is 15.2. The first-order valence-electron chi connectivity index (χ1n) is 8.98. The normalized spacial score (nSPS) is 16.3. The number of likely N-dealkylation sites (tertiary alicyclic amines) is 1. The van der Waals surface area contributed by atoms with Crippen LogP contribution in [-0.2, 0) is 0 Å². The fourth-order valence-electron chi connectivity index (χ4n) is 3.33. The van der Waals surface area contributed by atoms with Gasteiger partial charge in [0.15, 0.2) is 0 Å². The molecule has 0 bridgehead atoms. The molecule has 0 N–H and O–H groups in total. The first-order valence-corrected chi connectivity index (χ1v) is 9.36. The number of hydrogen-bond donors (Lipinski definition) is 0. The molecule has 1 fully saturated rings. The van der Waals surface area contributed by atoms with Crippen LogP contribution in [0.2, 0.25) is 5.02 Å². The molecule has 1 heterocycles. The third kappa shape index (κ3) is 4.72. The van der Waals surface area contributed by atoms with Gasteiger partial charge in [-0.05, 0) is 73.7 Å². The summed E-state index contributed by atoms with van der Waals surface area (Å²) in [5, 5.41) is 0.780. The maximum absolute atomic E-state index is 5.96. The Balaban J connectivity index is 1.59. The third-order valence-electron chi connectivity index (χ3n) is 4.86. The molecule has 2 aromatic rings. The predicted octanol–water partition coefficient (Wildman–Crippen LogP) is 6.29. The van der Waals surface area contributed by atoms with Gasteiger partial charge in [0, 0.05) is 11.6 Å². The number of halogens is 1. The number of nitrogens with zero attached hydrogens (tertiary/aromatic N) is 1. The third-order valence-corrected chi connectivity index (χ3v) is 5.11. The highest BCUT2D eigenvalue weighted by Crippen LogP contribution is 2.24. The molecule has 126 valence electrons. The highest BCUT2D eigenvalue weighted by Gasteiger charge is 2.08. The summed E-state index contributed by atoms with van der Waals surface area (Å²) in [7, 11) is 0. The number of piperidine rings is 1. The van der Waals surface area contributed by atoms with Gasteiger partial charge >= 0.3 is 0 Å². The van der Waals surface area contributed by atoms with Gasteiger partial charge in [-0.15, -0.1) is 0 Å². The average molecular weight is 340 g/mol. The number of benzene rings is 2. The topological polar surface area (TPSA) is 3.24 Å². The molecule has 2 aromatic carbocycles. The second-order valence-corrected chi connectivity index (χ2v) is 7.10. The van der Waals surface area contributed by atoms with E-state index < -0.39 is 0 Å². The summed E-state index contributed by atoms with van der Waals surface area (Å²) in [5.74, 6) is 0. The van der Waals surface area contributed by atoms with Crippen LogP contribution in [0.15, 0.2) is 54.6 Å². The quantitative estimate of drug-likeness (QED) is 0.619. The van der Waals surface area contributed by atoms with Crippen LogP contribution in [0.4, 0.5) is 0 Å². The smallest absolute Gasteiger partial charge is 0.0406 e. The van der Waals surface area contributed by atoms with Crippen molar-refractivity contribution in [1.82, 2.24) is 4.90 Å². The fraction of sp³-hybridized carbons (Fsp3) is 0.364. The van der Waals surface area contributed by atoms with Gasteiger partial charge in [-0.25, -0.2) is 0 Å². The van der Waals surface area contributed by atoms with Crippen molar-refractivity contribution in [2.45, 2.75) is 32.6 Å². The van der Waals surface area contributed by atoms with Crippen LogP contribution >= 0.6 is 11.6 Å². The minimum Gasteiger partial charge on any atom is -0.303 e. The molecule has 1 nitrogen and oxygen atoms in total. The molecular weight excluding hydrogens is 314 g/mol. The van der Waals surface area contributed by atoms with Crippen molar-refractivity contribution < 1.29 is 0 Å². The van der Waals surface area contributed by atoms with Gasteiger partial charge < -0.3 is 4.90 Å². The van der Waals surface area contributed by atoms with Gasteiger partial charge in [0.2, 0.25) is 0 Å². The first-order chi connectivity index (χ1) is 11.7. The van der Waals surface area contributed by atoms with E-state index in [4.69, 9.17) is 11.6 Å². The molecule has 2 heteroatoms. The molecule has 1 aliphatic rings. The predicted molar refractivity (Wildman–Crippen MR) is 105 cm³/mol. The summed E-state index contributed by atoms with van der Waals surface area (Å²) in [4.78, 5) is 2.59. The molecule has 1 saturated heterocycles. The second-order valence-electron chi connectivity index (χ2n) is 6.66. The molecule has 0 unspecified atom stereocenters. The molecule has 0 amide bonds. The zero-order chi connectivity index (χ0) is 16.8. The van der Waals surface area contributed by atoms with Crippen molar-refractivity contribution in [3.63, 3.8) is 0 Å². The minimum atomic E-state index is 0.780. The van der Waals surface area contributed by atoms with Gasteiger partial charge in [0.25, 0.3) is 0 Å². The van der Waals surface area contributed by atoms with Gasteiger partial charge in [-0.1, -0.05) is 60.5 Å². The van der Waals surface area contributed by atoms with E-state index in [1.807, 2.05) is 12.1 Å². The number of allylic oxidation sites excluding steroid dienone is 1. The minimum absolute atomic E-state index is 0.780. The van der Waals surface area contributed by atoms with Crippen LogP contribution in [0.3, 0.4) is 0 Å². The molecule has 0 atom stereocenters. The van der Waals surface area contributed by atoms with E-state index in [0.717, 1.165) is 11.4 Å². The van der Waals surface area contributed by atoms with Crippen LogP contribution in [0, 0.1) is 0 Å². The average Bonchev–Trinajstić information content (AvgIpc) is 2.63. The molecule has 1 aliphatic heterocycles. The lowest BCUT2D eigenvalue weighted by Crippen LogP contribution is -2.30. The molecular formula is C22H26ClN. The van der Waals surface area contributed by atoms with Crippen LogP contribution in [-0.4, -0.2) is 24.5 Å². The van der Waals surface area contributed by atoms with Crippen molar-refractivity contribution in [1.29, 1.82) is 0 Å². The Kier molecular flexibility index (Phi) is 6.12.